The fourth-order valence-corrected chi connectivity index (χ4v) is 2.45. The highest BCUT2D eigenvalue weighted by Crippen LogP contribution is 2.30. The fourth-order valence-electron chi connectivity index (χ4n) is 2.45. The zero-order valence-corrected chi connectivity index (χ0v) is 10.9. The topological polar surface area (TPSA) is 36.4 Å². The summed E-state index contributed by atoms with van der Waals surface area (Å²) in [5, 5.41) is 9.79. The molecular weight excluding hydrogens is 212 g/mol. The lowest BCUT2D eigenvalue weighted by Crippen LogP contribution is -2.39. The van der Waals surface area contributed by atoms with Gasteiger partial charge in [-0.25, -0.2) is 4.98 Å². The van der Waals surface area contributed by atoms with Crippen LogP contribution < -0.4 is 4.90 Å². The highest BCUT2D eigenvalue weighted by atomic mass is 16.3. The van der Waals surface area contributed by atoms with E-state index in [2.05, 4.69) is 23.7 Å². The van der Waals surface area contributed by atoms with Gasteiger partial charge >= 0.3 is 0 Å². The van der Waals surface area contributed by atoms with Crippen LogP contribution >= 0.6 is 0 Å². The third-order valence-electron chi connectivity index (χ3n) is 3.90. The van der Waals surface area contributed by atoms with Gasteiger partial charge in [-0.2, -0.15) is 0 Å². The van der Waals surface area contributed by atoms with Crippen molar-refractivity contribution in [3.05, 3.63) is 23.9 Å². The van der Waals surface area contributed by atoms with E-state index in [1.165, 1.54) is 6.42 Å². The second-order valence-corrected chi connectivity index (χ2v) is 5.28. The van der Waals surface area contributed by atoms with Crippen molar-refractivity contribution in [1.82, 2.24) is 4.98 Å². The second-order valence-electron chi connectivity index (χ2n) is 5.28. The number of rotatable bonds is 2. The Balaban J connectivity index is 2.22. The van der Waals surface area contributed by atoms with Gasteiger partial charge in [-0.3, -0.25) is 0 Å². The van der Waals surface area contributed by atoms with Crippen molar-refractivity contribution in [3.8, 4) is 0 Å². The molecule has 17 heavy (non-hydrogen) atoms. The van der Waals surface area contributed by atoms with E-state index in [1.807, 2.05) is 18.3 Å². The van der Waals surface area contributed by atoms with E-state index in [0.29, 0.717) is 5.92 Å². The van der Waals surface area contributed by atoms with E-state index in [4.69, 9.17) is 0 Å². The lowest BCUT2D eigenvalue weighted by atomic mass is 9.88. The van der Waals surface area contributed by atoms with Gasteiger partial charge in [0.15, 0.2) is 0 Å². The van der Waals surface area contributed by atoms with Crippen molar-refractivity contribution in [3.63, 3.8) is 0 Å². The normalized spacial score (nSPS) is 26.9. The molecule has 1 fully saturated rings. The Bertz CT molecular complexity index is 378. The molecule has 3 heteroatoms. The molecule has 1 aliphatic heterocycles. The van der Waals surface area contributed by atoms with Gasteiger partial charge in [0.1, 0.15) is 5.82 Å². The second kappa shape index (κ2) is 5.05. The van der Waals surface area contributed by atoms with Gasteiger partial charge < -0.3 is 10.0 Å². The minimum Gasteiger partial charge on any atom is -0.389 e. The van der Waals surface area contributed by atoms with Crippen molar-refractivity contribution in [2.75, 3.05) is 18.0 Å². The van der Waals surface area contributed by atoms with E-state index in [1.54, 1.807) is 6.92 Å². The highest BCUT2D eigenvalue weighted by Gasteiger charge is 2.25. The lowest BCUT2D eigenvalue weighted by Gasteiger charge is -2.37. The first kappa shape index (κ1) is 12.4. The molecule has 94 valence electrons. The minimum atomic E-state index is -0.451. The van der Waals surface area contributed by atoms with Crippen LogP contribution in [0.4, 0.5) is 5.82 Å². The van der Waals surface area contributed by atoms with Crippen LogP contribution in [0.1, 0.15) is 38.9 Å². The van der Waals surface area contributed by atoms with Crippen LogP contribution in [0.3, 0.4) is 0 Å². The fraction of sp³-hybridized carbons (Fsp3) is 0.643. The maximum atomic E-state index is 9.79. The van der Waals surface area contributed by atoms with Gasteiger partial charge in [-0.1, -0.05) is 19.9 Å². The summed E-state index contributed by atoms with van der Waals surface area (Å²) >= 11 is 0. The van der Waals surface area contributed by atoms with E-state index in [-0.39, 0.29) is 0 Å². The molecule has 0 spiro atoms. The summed E-state index contributed by atoms with van der Waals surface area (Å²) in [6, 6.07) is 3.86. The number of aromatic nitrogens is 1. The highest BCUT2D eigenvalue weighted by molar-refractivity contribution is 5.48. The maximum Gasteiger partial charge on any atom is 0.134 e. The van der Waals surface area contributed by atoms with Gasteiger partial charge in [0.2, 0.25) is 0 Å². The van der Waals surface area contributed by atoms with Crippen LogP contribution in [0.15, 0.2) is 18.3 Å². The zero-order chi connectivity index (χ0) is 12.4. The summed E-state index contributed by atoms with van der Waals surface area (Å²) in [5.41, 5.74) is 0.939. The monoisotopic (exact) mass is 234 g/mol. The molecule has 3 atom stereocenters. The third-order valence-corrected chi connectivity index (χ3v) is 3.90. The van der Waals surface area contributed by atoms with Gasteiger partial charge in [-0.15, -0.1) is 0 Å². The molecule has 1 aromatic rings. The van der Waals surface area contributed by atoms with Crippen molar-refractivity contribution in [1.29, 1.82) is 0 Å². The maximum absolute atomic E-state index is 9.79. The van der Waals surface area contributed by atoms with E-state index >= 15 is 0 Å². The van der Waals surface area contributed by atoms with Crippen LogP contribution in [0.5, 0.6) is 0 Å². The van der Waals surface area contributed by atoms with Gasteiger partial charge in [0.05, 0.1) is 6.10 Å². The Labute approximate surface area is 103 Å². The Morgan fingerprint density at radius 1 is 1.41 bits per heavy atom. The predicted octanol–water partition coefficient (Wildman–Crippen LogP) is 2.62. The average Bonchev–Trinajstić information content (AvgIpc) is 2.32. The summed E-state index contributed by atoms with van der Waals surface area (Å²) in [6.07, 6.45) is 2.56. The molecule has 3 nitrogen and oxygen atoms in total. The molecule has 1 aliphatic rings. The first-order chi connectivity index (χ1) is 8.09. The molecule has 1 aromatic heterocycles. The number of hydrogen-bond donors (Lipinski definition) is 1. The number of pyridine rings is 1. The lowest BCUT2D eigenvalue weighted by molar-refractivity contribution is 0.198. The Morgan fingerprint density at radius 2 is 2.18 bits per heavy atom. The van der Waals surface area contributed by atoms with Crippen molar-refractivity contribution in [2.24, 2.45) is 11.8 Å². The van der Waals surface area contributed by atoms with Crippen LogP contribution in [0.25, 0.3) is 0 Å². The van der Waals surface area contributed by atoms with Crippen LogP contribution in [-0.4, -0.2) is 23.2 Å². The SMILES string of the molecule is CC(O)c1cccnc1N1CCC(C)C(C)C1. The first-order valence-corrected chi connectivity index (χ1v) is 6.47. The van der Waals surface area contributed by atoms with E-state index in [0.717, 1.165) is 30.4 Å². The Kier molecular flexibility index (Phi) is 3.67. The van der Waals surface area contributed by atoms with Crippen LogP contribution in [0, 0.1) is 11.8 Å². The minimum absolute atomic E-state index is 0.451. The largest absolute Gasteiger partial charge is 0.389 e. The van der Waals surface area contributed by atoms with Crippen molar-refractivity contribution >= 4 is 5.82 Å². The van der Waals surface area contributed by atoms with Gasteiger partial charge in [0.25, 0.3) is 0 Å². The number of anilines is 1. The van der Waals surface area contributed by atoms with Gasteiger partial charge in [-0.05, 0) is 31.2 Å². The Hall–Kier alpha value is -1.09. The number of nitrogens with zero attached hydrogens (tertiary/aromatic N) is 2. The molecule has 0 aromatic carbocycles. The number of piperidine rings is 1. The summed E-state index contributed by atoms with van der Waals surface area (Å²) in [7, 11) is 0. The first-order valence-electron chi connectivity index (χ1n) is 6.47. The van der Waals surface area contributed by atoms with E-state index < -0.39 is 6.10 Å². The standard InChI is InChI=1S/C14H22N2O/c1-10-6-8-16(9-11(10)2)14-13(12(3)17)5-4-7-15-14/h4-5,7,10-12,17H,6,8-9H2,1-3H3. The smallest absolute Gasteiger partial charge is 0.134 e. The molecule has 0 aliphatic carbocycles. The predicted molar refractivity (Wildman–Crippen MR) is 70.0 cm³/mol. The zero-order valence-electron chi connectivity index (χ0n) is 10.9. The van der Waals surface area contributed by atoms with Crippen molar-refractivity contribution < 1.29 is 5.11 Å². The molecule has 2 heterocycles. The molecular formula is C14H22N2O. The summed E-state index contributed by atoms with van der Waals surface area (Å²) < 4.78 is 0. The van der Waals surface area contributed by atoms with Crippen LogP contribution in [0.2, 0.25) is 0 Å². The molecule has 1 N–H and O–H groups in total. The Morgan fingerprint density at radius 3 is 2.82 bits per heavy atom. The van der Waals surface area contributed by atoms with E-state index in [9.17, 15) is 5.11 Å². The molecule has 0 amide bonds. The molecule has 0 saturated carbocycles. The summed E-state index contributed by atoms with van der Waals surface area (Å²) in [5.74, 6) is 2.43. The molecule has 0 radical (unpaired) electrons. The quantitative estimate of drug-likeness (QED) is 0.854. The van der Waals surface area contributed by atoms with Gasteiger partial charge in [0, 0.05) is 24.8 Å². The van der Waals surface area contributed by atoms with Crippen molar-refractivity contribution in [2.45, 2.75) is 33.3 Å². The summed E-state index contributed by atoms with van der Waals surface area (Å²) in [4.78, 5) is 6.76. The molecule has 0 bridgehead atoms. The molecule has 2 rings (SSSR count). The van der Waals surface area contributed by atoms with Crippen LogP contribution in [-0.2, 0) is 0 Å². The molecule has 1 saturated heterocycles. The number of aliphatic hydroxyl groups is 1. The third kappa shape index (κ3) is 2.60. The number of aliphatic hydroxyl groups excluding tert-OH is 1. The average molecular weight is 234 g/mol. The molecule has 3 unspecified atom stereocenters. The summed E-state index contributed by atoms with van der Waals surface area (Å²) in [6.45, 7) is 8.49. The number of hydrogen-bond acceptors (Lipinski definition) is 3.